The van der Waals surface area contributed by atoms with Gasteiger partial charge in [-0.2, -0.15) is 8.78 Å². The minimum Gasteiger partial charge on any atom is -0.466 e. The largest absolute Gasteiger partial charge is 0.466 e. The molecule has 4 rings (SSSR count). The first kappa shape index (κ1) is 22.9. The van der Waals surface area contributed by atoms with Crippen LogP contribution >= 0.6 is 0 Å². The molecule has 170 valence electrons. The van der Waals surface area contributed by atoms with Crippen molar-refractivity contribution in [1.82, 2.24) is 5.32 Å². The predicted molar refractivity (Wildman–Crippen MR) is 125 cm³/mol. The molecule has 0 fully saturated rings. The molecule has 1 heterocycles. The summed E-state index contributed by atoms with van der Waals surface area (Å²) in [6.07, 6.45) is 2.53. The van der Waals surface area contributed by atoms with E-state index < -0.39 is 28.6 Å². The standard InChI is InChI=1S/C26H23F2NO3S/c1-17-10-12-20(13-11-17)33(31)16-19-14-24(29-15-22(19)25(30)32-2)26(27,28)23-9-5-7-18-6-3-4-8-21(18)23/h3-15,19,29H,16H2,1-2H3/t19-,33?/m1/s1. The molecule has 0 spiro atoms. The van der Waals surface area contributed by atoms with Crippen molar-refractivity contribution in [2.24, 2.45) is 5.92 Å². The minimum atomic E-state index is -3.36. The molecule has 0 amide bonds. The van der Waals surface area contributed by atoms with Crippen molar-refractivity contribution in [3.8, 4) is 0 Å². The van der Waals surface area contributed by atoms with Gasteiger partial charge in [0.05, 0.1) is 29.2 Å². The number of halogens is 2. The van der Waals surface area contributed by atoms with Gasteiger partial charge in [-0.3, -0.25) is 4.21 Å². The summed E-state index contributed by atoms with van der Waals surface area (Å²) in [5.41, 5.74) is 0.658. The highest BCUT2D eigenvalue weighted by molar-refractivity contribution is 7.85. The second-order valence-electron chi connectivity index (χ2n) is 7.85. The van der Waals surface area contributed by atoms with Gasteiger partial charge in [-0.15, -0.1) is 0 Å². The fourth-order valence-corrected chi connectivity index (χ4v) is 5.09. The van der Waals surface area contributed by atoms with Gasteiger partial charge in [0.25, 0.3) is 0 Å². The molecule has 1 aliphatic heterocycles. The van der Waals surface area contributed by atoms with Crippen LogP contribution in [0.2, 0.25) is 0 Å². The van der Waals surface area contributed by atoms with E-state index in [0.29, 0.717) is 15.7 Å². The van der Waals surface area contributed by atoms with Crippen molar-refractivity contribution in [3.63, 3.8) is 0 Å². The Kier molecular flexibility index (Phi) is 6.42. The molecule has 7 heteroatoms. The number of carbonyl (C=O) groups is 1. The number of methoxy groups -OCH3 is 1. The van der Waals surface area contributed by atoms with Crippen LogP contribution in [-0.4, -0.2) is 23.0 Å². The number of rotatable bonds is 6. The molecule has 2 atom stereocenters. The molecule has 1 unspecified atom stereocenters. The fraction of sp³-hybridized carbons (Fsp3) is 0.192. The van der Waals surface area contributed by atoms with Crippen LogP contribution in [0.25, 0.3) is 10.8 Å². The van der Waals surface area contributed by atoms with E-state index in [9.17, 15) is 9.00 Å². The average Bonchev–Trinajstić information content (AvgIpc) is 2.83. The van der Waals surface area contributed by atoms with Crippen LogP contribution in [0.15, 0.2) is 95.2 Å². The van der Waals surface area contributed by atoms with Crippen molar-refractivity contribution in [2.75, 3.05) is 12.9 Å². The van der Waals surface area contributed by atoms with Gasteiger partial charge >= 0.3 is 11.9 Å². The Morgan fingerprint density at radius 1 is 1.06 bits per heavy atom. The van der Waals surface area contributed by atoms with Crippen LogP contribution in [0.5, 0.6) is 0 Å². The topological polar surface area (TPSA) is 55.4 Å². The summed E-state index contributed by atoms with van der Waals surface area (Å²) in [7, 11) is -0.279. The van der Waals surface area contributed by atoms with Crippen LogP contribution in [0.4, 0.5) is 8.78 Å². The zero-order valence-corrected chi connectivity index (χ0v) is 19.0. The van der Waals surface area contributed by atoms with E-state index in [4.69, 9.17) is 4.74 Å². The van der Waals surface area contributed by atoms with Gasteiger partial charge in [-0.1, -0.05) is 60.2 Å². The van der Waals surface area contributed by atoms with Crippen molar-refractivity contribution >= 4 is 27.5 Å². The third-order valence-corrected chi connectivity index (χ3v) is 7.11. The molecule has 0 radical (unpaired) electrons. The molecule has 0 saturated heterocycles. The Labute approximate surface area is 193 Å². The highest BCUT2D eigenvalue weighted by Gasteiger charge is 2.40. The molecule has 33 heavy (non-hydrogen) atoms. The molecule has 4 nitrogen and oxygen atoms in total. The lowest BCUT2D eigenvalue weighted by molar-refractivity contribution is -0.136. The predicted octanol–water partition coefficient (Wildman–Crippen LogP) is 5.21. The molecule has 0 saturated carbocycles. The van der Waals surface area contributed by atoms with Gasteiger partial charge in [0, 0.05) is 28.3 Å². The maximum atomic E-state index is 15.7. The SMILES string of the molecule is COC(=O)C1=CNC(C(F)(F)c2cccc3ccccc23)=C[C@@H]1CS(=O)c1ccc(C)cc1. The summed E-state index contributed by atoms with van der Waals surface area (Å²) < 4.78 is 49.2. The Balaban J connectivity index is 1.71. The number of benzene rings is 3. The molecule has 1 aliphatic rings. The smallest absolute Gasteiger partial charge is 0.335 e. The van der Waals surface area contributed by atoms with E-state index in [1.54, 1.807) is 48.5 Å². The number of fused-ring (bicyclic) bond motifs is 1. The Morgan fingerprint density at radius 3 is 2.48 bits per heavy atom. The molecular weight excluding hydrogens is 444 g/mol. The lowest BCUT2D eigenvalue weighted by Crippen LogP contribution is -2.33. The third kappa shape index (κ3) is 4.59. The van der Waals surface area contributed by atoms with Gasteiger partial charge in [-0.05, 0) is 35.9 Å². The molecule has 1 N–H and O–H groups in total. The number of hydrogen-bond donors (Lipinski definition) is 1. The van der Waals surface area contributed by atoms with E-state index in [-0.39, 0.29) is 22.6 Å². The van der Waals surface area contributed by atoms with Gasteiger partial charge in [0.1, 0.15) is 0 Å². The maximum Gasteiger partial charge on any atom is 0.335 e. The fourth-order valence-electron chi connectivity index (χ4n) is 3.86. The second-order valence-corrected chi connectivity index (χ2v) is 9.34. The number of nitrogens with one attached hydrogen (secondary N) is 1. The molecule has 0 bridgehead atoms. The third-order valence-electron chi connectivity index (χ3n) is 5.65. The monoisotopic (exact) mass is 467 g/mol. The van der Waals surface area contributed by atoms with Crippen molar-refractivity contribution in [3.05, 3.63) is 101 Å². The molecular formula is C26H23F2NO3S. The van der Waals surface area contributed by atoms with Crippen LogP contribution in [-0.2, 0) is 26.3 Å². The van der Waals surface area contributed by atoms with Crippen LogP contribution < -0.4 is 5.32 Å². The van der Waals surface area contributed by atoms with Crippen LogP contribution in [0.1, 0.15) is 11.1 Å². The summed E-state index contributed by atoms with van der Waals surface area (Å²) in [6, 6.07) is 18.9. The zero-order chi connectivity index (χ0) is 23.6. The number of hydrogen-bond acceptors (Lipinski definition) is 4. The summed E-state index contributed by atoms with van der Waals surface area (Å²) in [6.45, 7) is 1.92. The minimum absolute atomic E-state index is 0.0270. The summed E-state index contributed by atoms with van der Waals surface area (Å²) in [5.74, 6) is -4.85. The lowest BCUT2D eigenvalue weighted by Gasteiger charge is -2.28. The molecule has 3 aromatic carbocycles. The maximum absolute atomic E-state index is 15.7. The quantitative estimate of drug-likeness (QED) is 0.506. The Bertz CT molecular complexity index is 1280. The Morgan fingerprint density at radius 2 is 1.76 bits per heavy atom. The van der Waals surface area contributed by atoms with Gasteiger partial charge in [0.15, 0.2) is 0 Å². The van der Waals surface area contributed by atoms with Gasteiger partial charge < -0.3 is 10.1 Å². The first-order chi connectivity index (χ1) is 15.8. The van der Waals surface area contributed by atoms with Crippen LogP contribution in [0, 0.1) is 12.8 Å². The summed E-state index contributed by atoms with van der Waals surface area (Å²) in [5, 5.41) is 3.73. The van der Waals surface area contributed by atoms with Gasteiger partial charge in [-0.25, -0.2) is 4.79 Å². The second kappa shape index (κ2) is 9.27. The summed E-state index contributed by atoms with van der Waals surface area (Å²) >= 11 is 0. The van der Waals surface area contributed by atoms with Crippen molar-refractivity contribution in [1.29, 1.82) is 0 Å². The zero-order valence-electron chi connectivity index (χ0n) is 18.2. The number of alkyl halides is 2. The summed E-state index contributed by atoms with van der Waals surface area (Å²) in [4.78, 5) is 12.9. The lowest BCUT2D eigenvalue weighted by atomic mass is 9.92. The average molecular weight is 468 g/mol. The highest BCUT2D eigenvalue weighted by atomic mass is 32.2. The number of allylic oxidation sites excluding steroid dienone is 2. The molecule has 0 aromatic heterocycles. The molecule has 0 aliphatic carbocycles. The molecule has 3 aromatic rings. The first-order valence-electron chi connectivity index (χ1n) is 10.4. The van der Waals surface area contributed by atoms with E-state index in [0.717, 1.165) is 5.56 Å². The van der Waals surface area contributed by atoms with E-state index >= 15 is 8.78 Å². The van der Waals surface area contributed by atoms with E-state index in [2.05, 4.69) is 5.32 Å². The number of esters is 1. The normalized spacial score (nSPS) is 17.0. The number of aryl methyl sites for hydroxylation is 1. The van der Waals surface area contributed by atoms with Crippen LogP contribution in [0.3, 0.4) is 0 Å². The van der Waals surface area contributed by atoms with Crippen molar-refractivity contribution in [2.45, 2.75) is 17.7 Å². The number of ether oxygens (including phenoxy) is 1. The van der Waals surface area contributed by atoms with Crippen molar-refractivity contribution < 1.29 is 22.5 Å². The highest BCUT2D eigenvalue weighted by Crippen LogP contribution is 2.40. The number of carbonyl (C=O) groups excluding carboxylic acids is 1. The number of dihydropyridines is 1. The van der Waals surface area contributed by atoms with E-state index in [1.807, 2.05) is 19.1 Å². The van der Waals surface area contributed by atoms with Gasteiger partial charge in [0.2, 0.25) is 0 Å². The first-order valence-corrected chi connectivity index (χ1v) is 11.7. The Hall–Kier alpha value is -3.32. The van der Waals surface area contributed by atoms with E-state index in [1.165, 1.54) is 25.5 Å².